The van der Waals surface area contributed by atoms with Gasteiger partial charge in [-0.3, -0.25) is 0 Å². The van der Waals surface area contributed by atoms with Gasteiger partial charge in [-0.15, -0.1) is 5.10 Å². The Hall–Kier alpha value is -3.86. The van der Waals surface area contributed by atoms with Crippen molar-refractivity contribution in [3.63, 3.8) is 0 Å². The molecule has 0 saturated heterocycles. The van der Waals surface area contributed by atoms with Gasteiger partial charge in [-0.2, -0.15) is 0 Å². The monoisotopic (exact) mass is 382 g/mol. The minimum Gasteiger partial charge on any atom is -0.507 e. The first-order valence-electron chi connectivity index (χ1n) is 9.38. The highest BCUT2D eigenvalue weighted by atomic mass is 16.3. The van der Waals surface area contributed by atoms with Gasteiger partial charge >= 0.3 is 0 Å². The van der Waals surface area contributed by atoms with E-state index in [4.69, 9.17) is 0 Å². The Kier molecular flexibility index (Phi) is 5.12. The van der Waals surface area contributed by atoms with E-state index in [1.165, 1.54) is 0 Å². The summed E-state index contributed by atoms with van der Waals surface area (Å²) in [7, 11) is 4.04. The topological polar surface area (TPSA) is 54.2 Å². The Morgan fingerprint density at radius 2 is 1.52 bits per heavy atom. The number of phenolic OH excluding ortho intramolecular Hbond substituents is 1. The second-order valence-corrected chi connectivity index (χ2v) is 6.88. The first kappa shape index (κ1) is 18.5. The highest BCUT2D eigenvalue weighted by Crippen LogP contribution is 2.29. The Labute approximate surface area is 170 Å². The summed E-state index contributed by atoms with van der Waals surface area (Å²) in [6, 6.07) is 25.2. The summed E-state index contributed by atoms with van der Waals surface area (Å²) >= 11 is 0. The molecule has 4 rings (SSSR count). The molecule has 0 radical (unpaired) electrons. The van der Waals surface area contributed by atoms with E-state index < -0.39 is 0 Å². The molecule has 1 aromatic heterocycles. The number of aromatic hydroxyl groups is 1. The van der Waals surface area contributed by atoms with Crippen LogP contribution in [0.5, 0.6) is 5.75 Å². The SMILES string of the molecule is CN(C)c1ccc(/C=C/c2nc(-c3ccccc3O)n(-c3ccccc3)n2)cc1. The molecule has 1 N–H and O–H groups in total. The molecule has 5 heteroatoms. The van der Waals surface area contributed by atoms with Crippen LogP contribution in [0.3, 0.4) is 0 Å². The zero-order valence-electron chi connectivity index (χ0n) is 16.4. The van der Waals surface area contributed by atoms with Crippen LogP contribution >= 0.6 is 0 Å². The van der Waals surface area contributed by atoms with Gasteiger partial charge in [0, 0.05) is 19.8 Å². The van der Waals surface area contributed by atoms with Crippen molar-refractivity contribution in [1.82, 2.24) is 14.8 Å². The van der Waals surface area contributed by atoms with Gasteiger partial charge in [0.05, 0.1) is 11.3 Å². The smallest absolute Gasteiger partial charge is 0.175 e. The van der Waals surface area contributed by atoms with Crippen LogP contribution in [0, 0.1) is 0 Å². The van der Waals surface area contributed by atoms with E-state index in [-0.39, 0.29) is 5.75 Å². The van der Waals surface area contributed by atoms with E-state index in [0.717, 1.165) is 16.9 Å². The van der Waals surface area contributed by atoms with Gasteiger partial charge in [-0.1, -0.05) is 48.5 Å². The van der Waals surface area contributed by atoms with Gasteiger partial charge in [0.2, 0.25) is 0 Å². The van der Waals surface area contributed by atoms with Gasteiger partial charge in [0.25, 0.3) is 0 Å². The zero-order valence-corrected chi connectivity index (χ0v) is 16.4. The molecule has 0 spiro atoms. The van der Waals surface area contributed by atoms with Crippen LogP contribution in [0.2, 0.25) is 0 Å². The molecule has 0 amide bonds. The van der Waals surface area contributed by atoms with Crippen molar-refractivity contribution in [3.05, 3.63) is 90.3 Å². The molecule has 0 bridgehead atoms. The van der Waals surface area contributed by atoms with Gasteiger partial charge in [0.1, 0.15) is 5.75 Å². The summed E-state index contributed by atoms with van der Waals surface area (Å²) in [5.74, 6) is 1.34. The van der Waals surface area contributed by atoms with Gasteiger partial charge < -0.3 is 10.0 Å². The lowest BCUT2D eigenvalue weighted by atomic mass is 10.2. The largest absolute Gasteiger partial charge is 0.507 e. The highest BCUT2D eigenvalue weighted by Gasteiger charge is 2.15. The third-order valence-corrected chi connectivity index (χ3v) is 4.60. The summed E-state index contributed by atoms with van der Waals surface area (Å²) in [6.45, 7) is 0. The van der Waals surface area contributed by atoms with Crippen molar-refractivity contribution in [2.24, 2.45) is 0 Å². The highest BCUT2D eigenvalue weighted by molar-refractivity contribution is 5.71. The normalized spacial score (nSPS) is 11.1. The zero-order chi connectivity index (χ0) is 20.2. The number of phenols is 1. The lowest BCUT2D eigenvalue weighted by molar-refractivity contribution is 0.476. The Morgan fingerprint density at radius 3 is 2.21 bits per heavy atom. The third-order valence-electron chi connectivity index (χ3n) is 4.60. The molecular weight excluding hydrogens is 360 g/mol. The van der Waals surface area contributed by atoms with Crippen molar-refractivity contribution in [2.45, 2.75) is 0 Å². The molecular formula is C24H22N4O. The molecule has 5 nitrogen and oxygen atoms in total. The van der Waals surface area contributed by atoms with Crippen LogP contribution < -0.4 is 4.90 Å². The third kappa shape index (κ3) is 4.04. The number of para-hydroxylation sites is 2. The molecule has 4 aromatic rings. The second kappa shape index (κ2) is 8.02. The van der Waals surface area contributed by atoms with Crippen molar-refractivity contribution in [1.29, 1.82) is 0 Å². The maximum absolute atomic E-state index is 10.3. The standard InChI is InChI=1S/C24H22N4O/c1-27(2)19-15-12-18(13-16-19)14-17-23-25-24(21-10-6-7-11-22(21)29)28(26-23)20-8-4-3-5-9-20/h3-17,29H,1-2H3/b17-14+. The summed E-state index contributed by atoms with van der Waals surface area (Å²) in [5, 5.41) is 15.0. The van der Waals surface area contributed by atoms with E-state index in [0.29, 0.717) is 17.2 Å². The Bertz CT molecular complexity index is 1130. The molecule has 0 aliphatic heterocycles. The van der Waals surface area contributed by atoms with Gasteiger partial charge in [-0.25, -0.2) is 9.67 Å². The fraction of sp³-hybridized carbons (Fsp3) is 0.0833. The Morgan fingerprint density at radius 1 is 0.828 bits per heavy atom. The van der Waals surface area contributed by atoms with Crippen LogP contribution in [0.15, 0.2) is 78.9 Å². The summed E-state index contributed by atoms with van der Waals surface area (Å²) in [5.41, 5.74) is 3.73. The van der Waals surface area contributed by atoms with E-state index in [1.54, 1.807) is 16.8 Å². The molecule has 144 valence electrons. The Balaban J connectivity index is 1.72. The number of aromatic nitrogens is 3. The van der Waals surface area contributed by atoms with Crippen LogP contribution in [0.25, 0.3) is 29.2 Å². The predicted molar refractivity (Wildman–Crippen MR) is 118 cm³/mol. The number of hydrogen-bond donors (Lipinski definition) is 1. The lowest BCUT2D eigenvalue weighted by Gasteiger charge is -2.11. The molecule has 0 fully saturated rings. The summed E-state index contributed by atoms with van der Waals surface area (Å²) < 4.78 is 1.75. The average molecular weight is 382 g/mol. The molecule has 0 saturated carbocycles. The molecule has 0 aliphatic rings. The summed E-state index contributed by atoms with van der Waals surface area (Å²) in [6.07, 6.45) is 3.87. The predicted octanol–water partition coefficient (Wildman–Crippen LogP) is 4.88. The molecule has 1 heterocycles. The van der Waals surface area contributed by atoms with Crippen molar-refractivity contribution in [2.75, 3.05) is 19.0 Å². The minimum atomic E-state index is 0.173. The molecule has 29 heavy (non-hydrogen) atoms. The van der Waals surface area contributed by atoms with E-state index in [9.17, 15) is 5.11 Å². The number of nitrogens with zero attached hydrogens (tertiary/aromatic N) is 4. The fourth-order valence-electron chi connectivity index (χ4n) is 3.04. The maximum Gasteiger partial charge on any atom is 0.175 e. The minimum absolute atomic E-state index is 0.173. The first-order valence-corrected chi connectivity index (χ1v) is 9.38. The van der Waals surface area contributed by atoms with Crippen LogP contribution in [0.1, 0.15) is 11.4 Å². The summed E-state index contributed by atoms with van der Waals surface area (Å²) in [4.78, 5) is 6.74. The number of hydrogen-bond acceptors (Lipinski definition) is 4. The van der Waals surface area contributed by atoms with Crippen LogP contribution in [-0.4, -0.2) is 34.0 Å². The molecule has 0 unspecified atom stereocenters. The van der Waals surface area contributed by atoms with E-state index in [1.807, 2.05) is 68.7 Å². The van der Waals surface area contributed by atoms with Gasteiger partial charge in [0.15, 0.2) is 11.6 Å². The van der Waals surface area contributed by atoms with Crippen LogP contribution in [-0.2, 0) is 0 Å². The van der Waals surface area contributed by atoms with E-state index >= 15 is 0 Å². The van der Waals surface area contributed by atoms with Crippen molar-refractivity contribution in [3.8, 4) is 22.8 Å². The number of benzene rings is 3. The molecule has 0 atom stereocenters. The first-order chi connectivity index (χ1) is 14.1. The molecule has 3 aromatic carbocycles. The van der Waals surface area contributed by atoms with Gasteiger partial charge in [-0.05, 0) is 48.0 Å². The maximum atomic E-state index is 10.3. The second-order valence-electron chi connectivity index (χ2n) is 6.88. The lowest BCUT2D eigenvalue weighted by Crippen LogP contribution is -2.07. The van der Waals surface area contributed by atoms with E-state index in [2.05, 4.69) is 39.2 Å². The van der Waals surface area contributed by atoms with Crippen molar-refractivity contribution < 1.29 is 5.11 Å². The average Bonchev–Trinajstić information content (AvgIpc) is 3.17. The fourth-order valence-corrected chi connectivity index (χ4v) is 3.04. The van der Waals surface area contributed by atoms with Crippen LogP contribution in [0.4, 0.5) is 5.69 Å². The molecule has 0 aliphatic carbocycles. The van der Waals surface area contributed by atoms with Crippen molar-refractivity contribution >= 4 is 17.8 Å². The number of anilines is 1. The quantitative estimate of drug-likeness (QED) is 0.535. The number of rotatable bonds is 5.